The maximum absolute atomic E-state index is 12.8. The summed E-state index contributed by atoms with van der Waals surface area (Å²) in [7, 11) is 0. The smallest absolute Gasteiger partial charge is 0.251 e. The lowest BCUT2D eigenvalue weighted by Crippen LogP contribution is -2.38. The second kappa shape index (κ2) is 5.47. The zero-order valence-electron chi connectivity index (χ0n) is 11.8. The van der Waals surface area contributed by atoms with Crippen LogP contribution in [0.3, 0.4) is 0 Å². The average molecular weight is 290 g/mol. The number of rotatable bonds is 5. The first kappa shape index (κ1) is 14.0. The van der Waals surface area contributed by atoms with Crippen LogP contribution < -0.4 is 10.6 Å². The van der Waals surface area contributed by atoms with Gasteiger partial charge in [-0.05, 0) is 49.4 Å². The molecule has 2 fully saturated rings. The van der Waals surface area contributed by atoms with Crippen LogP contribution in [0.15, 0.2) is 24.3 Å². The van der Waals surface area contributed by atoms with Gasteiger partial charge in [-0.2, -0.15) is 0 Å². The molecule has 2 aliphatic carbocycles. The number of hydrogen-bond donors (Lipinski definition) is 2. The van der Waals surface area contributed by atoms with E-state index in [1.54, 1.807) is 0 Å². The molecule has 5 heteroatoms. The first-order valence-electron chi connectivity index (χ1n) is 7.44. The lowest BCUT2D eigenvalue weighted by Gasteiger charge is -2.13. The van der Waals surface area contributed by atoms with Crippen molar-refractivity contribution in [3.8, 4) is 0 Å². The largest absolute Gasteiger partial charge is 0.354 e. The van der Waals surface area contributed by atoms with Crippen LogP contribution in [0.2, 0.25) is 0 Å². The van der Waals surface area contributed by atoms with Crippen LogP contribution in [0.25, 0.3) is 0 Å². The minimum absolute atomic E-state index is 0.0824. The molecule has 2 saturated carbocycles. The average Bonchev–Trinajstić information content (AvgIpc) is 3.06. The predicted molar refractivity (Wildman–Crippen MR) is 76.1 cm³/mol. The van der Waals surface area contributed by atoms with Crippen molar-refractivity contribution in [3.05, 3.63) is 35.6 Å². The Labute approximate surface area is 123 Å². The van der Waals surface area contributed by atoms with E-state index in [1.165, 1.54) is 30.7 Å². The van der Waals surface area contributed by atoms with Gasteiger partial charge in [-0.15, -0.1) is 0 Å². The van der Waals surface area contributed by atoms with Crippen molar-refractivity contribution in [2.24, 2.45) is 11.3 Å². The molecule has 0 unspecified atom stereocenters. The second-order valence-corrected chi connectivity index (χ2v) is 5.97. The molecule has 2 amide bonds. The molecule has 0 saturated heterocycles. The third-order valence-electron chi connectivity index (χ3n) is 4.66. The summed E-state index contributed by atoms with van der Waals surface area (Å²) in [6.45, 7) is 0.808. The van der Waals surface area contributed by atoms with E-state index >= 15 is 0 Å². The normalized spacial score (nSPS) is 26.0. The van der Waals surface area contributed by atoms with Gasteiger partial charge in [0.2, 0.25) is 5.91 Å². The Morgan fingerprint density at radius 3 is 2.52 bits per heavy atom. The molecular weight excluding hydrogens is 271 g/mol. The fourth-order valence-corrected chi connectivity index (χ4v) is 3.35. The molecule has 2 atom stereocenters. The highest BCUT2D eigenvalue weighted by atomic mass is 19.1. The lowest BCUT2D eigenvalue weighted by molar-refractivity contribution is -0.126. The summed E-state index contributed by atoms with van der Waals surface area (Å²) in [6.07, 6.45) is 4.36. The Balaban J connectivity index is 1.39. The first-order valence-corrected chi connectivity index (χ1v) is 7.44. The van der Waals surface area contributed by atoms with Gasteiger partial charge in [-0.3, -0.25) is 9.59 Å². The molecule has 0 aromatic heterocycles. The lowest BCUT2D eigenvalue weighted by atomic mass is 10.0. The van der Waals surface area contributed by atoms with Crippen LogP contribution >= 0.6 is 0 Å². The molecule has 2 N–H and O–H groups in total. The molecule has 2 aliphatic rings. The number of halogens is 1. The molecule has 21 heavy (non-hydrogen) atoms. The van der Waals surface area contributed by atoms with Gasteiger partial charge < -0.3 is 10.6 Å². The minimum Gasteiger partial charge on any atom is -0.354 e. The quantitative estimate of drug-likeness (QED) is 0.813. The standard InChI is InChI=1S/C16H19FN2O2/c17-13-5-3-11(4-6-13)14(20)18-8-9-19-15(21)16-7-1-2-12(16)10-16/h3-6,12H,1-2,7-10H2,(H,18,20)(H,19,21)/t12-,16+/m0/s1. The molecule has 4 nitrogen and oxygen atoms in total. The fraction of sp³-hybridized carbons (Fsp3) is 0.500. The highest BCUT2D eigenvalue weighted by molar-refractivity contribution is 5.94. The molecule has 0 aliphatic heterocycles. The van der Waals surface area contributed by atoms with Gasteiger partial charge in [0.05, 0.1) is 5.41 Å². The zero-order valence-corrected chi connectivity index (χ0v) is 11.8. The molecular formula is C16H19FN2O2. The Morgan fingerprint density at radius 1 is 1.19 bits per heavy atom. The van der Waals surface area contributed by atoms with E-state index in [0.29, 0.717) is 24.6 Å². The molecule has 1 aromatic rings. The number of carbonyl (C=O) groups excluding carboxylic acids is 2. The van der Waals surface area contributed by atoms with Gasteiger partial charge in [0.15, 0.2) is 0 Å². The SMILES string of the molecule is O=C(NCCNC(=O)[C@@]12CCC[C@H]1C2)c1ccc(F)cc1. The van der Waals surface area contributed by atoms with Crippen molar-refractivity contribution >= 4 is 11.8 Å². The van der Waals surface area contributed by atoms with Crippen molar-refractivity contribution in [2.75, 3.05) is 13.1 Å². The maximum Gasteiger partial charge on any atom is 0.251 e. The van der Waals surface area contributed by atoms with Gasteiger partial charge in [0.1, 0.15) is 5.82 Å². The van der Waals surface area contributed by atoms with E-state index in [1.807, 2.05) is 0 Å². The third-order valence-corrected chi connectivity index (χ3v) is 4.66. The molecule has 0 radical (unpaired) electrons. The van der Waals surface area contributed by atoms with E-state index in [-0.39, 0.29) is 23.0 Å². The second-order valence-electron chi connectivity index (χ2n) is 5.97. The summed E-state index contributed by atoms with van der Waals surface area (Å²) in [5, 5.41) is 5.62. The van der Waals surface area contributed by atoms with Gasteiger partial charge in [0.25, 0.3) is 5.91 Å². The van der Waals surface area contributed by atoms with Crippen LogP contribution in [-0.4, -0.2) is 24.9 Å². The monoisotopic (exact) mass is 290 g/mol. The van der Waals surface area contributed by atoms with Crippen LogP contribution in [0.1, 0.15) is 36.0 Å². The maximum atomic E-state index is 12.8. The minimum atomic E-state index is -0.367. The third kappa shape index (κ3) is 2.77. The Hall–Kier alpha value is -1.91. The van der Waals surface area contributed by atoms with Gasteiger partial charge in [-0.25, -0.2) is 4.39 Å². The molecule has 3 rings (SSSR count). The highest BCUT2D eigenvalue weighted by Gasteiger charge is 2.61. The summed E-state index contributed by atoms with van der Waals surface area (Å²) in [6, 6.07) is 5.39. The first-order chi connectivity index (χ1) is 10.1. The van der Waals surface area contributed by atoms with E-state index in [9.17, 15) is 14.0 Å². The van der Waals surface area contributed by atoms with Gasteiger partial charge in [-0.1, -0.05) is 6.42 Å². The predicted octanol–water partition coefficient (Wildman–Crippen LogP) is 1.86. The Morgan fingerprint density at radius 2 is 1.90 bits per heavy atom. The van der Waals surface area contributed by atoms with E-state index in [2.05, 4.69) is 10.6 Å². The number of nitrogens with one attached hydrogen (secondary N) is 2. The van der Waals surface area contributed by atoms with Crippen molar-refractivity contribution in [1.29, 1.82) is 0 Å². The summed E-state index contributed by atoms with van der Waals surface area (Å²) < 4.78 is 12.8. The number of fused-ring (bicyclic) bond motifs is 1. The van der Waals surface area contributed by atoms with Crippen LogP contribution in [-0.2, 0) is 4.79 Å². The van der Waals surface area contributed by atoms with Crippen molar-refractivity contribution in [2.45, 2.75) is 25.7 Å². The van der Waals surface area contributed by atoms with Crippen molar-refractivity contribution in [3.63, 3.8) is 0 Å². The summed E-state index contributed by atoms with van der Waals surface area (Å²) in [5.41, 5.74) is 0.334. The van der Waals surface area contributed by atoms with E-state index in [4.69, 9.17) is 0 Å². The highest BCUT2D eigenvalue weighted by Crippen LogP contribution is 2.63. The summed E-state index contributed by atoms with van der Waals surface area (Å²) in [4.78, 5) is 23.9. The van der Waals surface area contributed by atoms with E-state index in [0.717, 1.165) is 19.3 Å². The molecule has 0 heterocycles. The fourth-order valence-electron chi connectivity index (χ4n) is 3.35. The number of carbonyl (C=O) groups is 2. The summed E-state index contributed by atoms with van der Waals surface area (Å²) in [5.74, 6) is 0.105. The summed E-state index contributed by atoms with van der Waals surface area (Å²) >= 11 is 0. The van der Waals surface area contributed by atoms with Crippen LogP contribution in [0, 0.1) is 17.2 Å². The zero-order chi connectivity index (χ0) is 14.9. The number of benzene rings is 1. The van der Waals surface area contributed by atoms with Crippen molar-refractivity contribution in [1.82, 2.24) is 10.6 Å². The Kier molecular flexibility index (Phi) is 3.66. The molecule has 0 bridgehead atoms. The molecule has 112 valence electrons. The van der Waals surface area contributed by atoms with E-state index < -0.39 is 0 Å². The van der Waals surface area contributed by atoms with Crippen molar-refractivity contribution < 1.29 is 14.0 Å². The van der Waals surface area contributed by atoms with Crippen LogP contribution in [0.5, 0.6) is 0 Å². The van der Waals surface area contributed by atoms with Gasteiger partial charge in [0, 0.05) is 18.7 Å². The number of amides is 2. The Bertz CT molecular complexity index is 558. The molecule has 1 aromatic carbocycles. The van der Waals surface area contributed by atoms with Crippen LogP contribution in [0.4, 0.5) is 4.39 Å². The van der Waals surface area contributed by atoms with Gasteiger partial charge >= 0.3 is 0 Å². The molecule has 0 spiro atoms. The number of hydrogen-bond acceptors (Lipinski definition) is 2. The topological polar surface area (TPSA) is 58.2 Å².